The number of rotatable bonds is 6. The van der Waals surface area contributed by atoms with E-state index in [1.165, 1.54) is 32.1 Å². The second-order valence-electron chi connectivity index (χ2n) is 5.52. The molecule has 0 amide bonds. The van der Waals surface area contributed by atoms with E-state index in [-0.39, 0.29) is 0 Å². The van der Waals surface area contributed by atoms with Gasteiger partial charge >= 0.3 is 0 Å². The zero-order valence-electron chi connectivity index (χ0n) is 13.8. The third-order valence-electron chi connectivity index (χ3n) is 3.82. The summed E-state index contributed by atoms with van der Waals surface area (Å²) in [7, 11) is 1.63. The van der Waals surface area contributed by atoms with Gasteiger partial charge in [-0.3, -0.25) is 5.43 Å². The Morgan fingerprint density at radius 1 is 1.35 bits per heavy atom. The van der Waals surface area contributed by atoms with E-state index in [1.807, 2.05) is 25.1 Å². The number of ether oxygens (including phenoxy) is 2. The molecular formula is C17H25N3O2S. The SMILES string of the molecule is CCOc1ccc(OC)c(C=NNC(=S)NC2CCCCC2)c1. The molecule has 1 aromatic carbocycles. The third kappa shape index (κ3) is 5.71. The van der Waals surface area contributed by atoms with Crippen LogP contribution in [-0.4, -0.2) is 31.1 Å². The highest BCUT2D eigenvalue weighted by atomic mass is 32.1. The summed E-state index contributed by atoms with van der Waals surface area (Å²) in [6.45, 7) is 2.57. The van der Waals surface area contributed by atoms with Crippen molar-refractivity contribution >= 4 is 23.5 Å². The van der Waals surface area contributed by atoms with Gasteiger partial charge in [0.15, 0.2) is 5.11 Å². The van der Waals surface area contributed by atoms with Gasteiger partial charge in [0.1, 0.15) is 11.5 Å². The van der Waals surface area contributed by atoms with Crippen molar-refractivity contribution in [3.8, 4) is 11.5 Å². The molecule has 0 heterocycles. The molecule has 0 atom stereocenters. The molecule has 2 N–H and O–H groups in total. The number of thiocarbonyl (C=S) groups is 1. The largest absolute Gasteiger partial charge is 0.496 e. The molecule has 126 valence electrons. The van der Waals surface area contributed by atoms with Gasteiger partial charge in [0.05, 0.1) is 19.9 Å². The normalized spacial score (nSPS) is 15.4. The van der Waals surface area contributed by atoms with Crippen molar-refractivity contribution in [3.05, 3.63) is 23.8 Å². The Balaban J connectivity index is 1.90. The van der Waals surface area contributed by atoms with Crippen LogP contribution in [0, 0.1) is 0 Å². The van der Waals surface area contributed by atoms with Crippen LogP contribution in [-0.2, 0) is 0 Å². The summed E-state index contributed by atoms with van der Waals surface area (Å²) < 4.78 is 10.8. The fraction of sp³-hybridized carbons (Fsp3) is 0.529. The smallest absolute Gasteiger partial charge is 0.187 e. The summed E-state index contributed by atoms with van der Waals surface area (Å²) in [6.07, 6.45) is 7.91. The summed E-state index contributed by atoms with van der Waals surface area (Å²) in [5.41, 5.74) is 3.71. The van der Waals surface area contributed by atoms with E-state index in [0.29, 0.717) is 17.8 Å². The maximum absolute atomic E-state index is 5.50. The Morgan fingerprint density at radius 2 is 2.13 bits per heavy atom. The zero-order valence-corrected chi connectivity index (χ0v) is 14.6. The zero-order chi connectivity index (χ0) is 16.5. The average molecular weight is 335 g/mol. The topological polar surface area (TPSA) is 54.9 Å². The number of hydrazone groups is 1. The number of hydrogen-bond acceptors (Lipinski definition) is 4. The molecule has 1 saturated carbocycles. The molecular weight excluding hydrogens is 310 g/mol. The maximum atomic E-state index is 5.50. The van der Waals surface area contributed by atoms with Crippen molar-refractivity contribution < 1.29 is 9.47 Å². The van der Waals surface area contributed by atoms with E-state index in [4.69, 9.17) is 21.7 Å². The highest BCUT2D eigenvalue weighted by Gasteiger charge is 2.13. The van der Waals surface area contributed by atoms with Crippen molar-refractivity contribution in [3.63, 3.8) is 0 Å². The van der Waals surface area contributed by atoms with E-state index in [1.54, 1.807) is 13.3 Å². The van der Waals surface area contributed by atoms with Gasteiger partial charge < -0.3 is 14.8 Å². The maximum Gasteiger partial charge on any atom is 0.187 e. The van der Waals surface area contributed by atoms with E-state index < -0.39 is 0 Å². The van der Waals surface area contributed by atoms with Crippen molar-refractivity contribution in [1.82, 2.24) is 10.7 Å². The van der Waals surface area contributed by atoms with Gasteiger partial charge in [-0.1, -0.05) is 19.3 Å². The molecule has 0 aromatic heterocycles. The monoisotopic (exact) mass is 335 g/mol. The van der Waals surface area contributed by atoms with Crippen molar-refractivity contribution in [2.45, 2.75) is 45.1 Å². The standard InChI is InChI=1S/C17H25N3O2S/c1-3-22-15-9-10-16(21-2)13(11-15)12-18-20-17(23)19-14-7-5-4-6-8-14/h9-12,14H,3-8H2,1-2H3,(H2,19,20,23). The molecule has 0 saturated heterocycles. The molecule has 6 heteroatoms. The van der Waals surface area contributed by atoms with Gasteiger partial charge in [0.25, 0.3) is 0 Å². The summed E-state index contributed by atoms with van der Waals surface area (Å²) >= 11 is 5.29. The summed E-state index contributed by atoms with van der Waals surface area (Å²) in [4.78, 5) is 0. The Hall–Kier alpha value is -1.82. The first-order chi connectivity index (χ1) is 11.2. The lowest BCUT2D eigenvalue weighted by Crippen LogP contribution is -2.40. The molecule has 1 fully saturated rings. The number of hydrogen-bond donors (Lipinski definition) is 2. The predicted octanol–water partition coefficient (Wildman–Crippen LogP) is 3.22. The van der Waals surface area contributed by atoms with Crippen molar-refractivity contribution in [1.29, 1.82) is 0 Å². The minimum absolute atomic E-state index is 0.467. The van der Waals surface area contributed by atoms with Gasteiger partial charge in [-0.25, -0.2) is 0 Å². The first-order valence-electron chi connectivity index (χ1n) is 8.13. The number of nitrogens with zero attached hydrogens (tertiary/aromatic N) is 1. The van der Waals surface area contributed by atoms with Crippen LogP contribution in [0.4, 0.5) is 0 Å². The van der Waals surface area contributed by atoms with Crippen LogP contribution in [0.5, 0.6) is 11.5 Å². The highest BCUT2D eigenvalue weighted by Crippen LogP contribution is 2.22. The molecule has 0 bridgehead atoms. The molecule has 0 unspecified atom stereocenters. The number of nitrogens with one attached hydrogen (secondary N) is 2. The van der Waals surface area contributed by atoms with Crippen LogP contribution >= 0.6 is 12.2 Å². The Morgan fingerprint density at radius 3 is 2.83 bits per heavy atom. The fourth-order valence-corrected chi connectivity index (χ4v) is 2.91. The van der Waals surface area contributed by atoms with Gasteiger partial charge in [-0.2, -0.15) is 5.10 Å². The summed E-state index contributed by atoms with van der Waals surface area (Å²) in [6, 6.07) is 6.10. The van der Waals surface area contributed by atoms with Gasteiger partial charge in [-0.15, -0.1) is 0 Å². The molecule has 1 aromatic rings. The second-order valence-corrected chi connectivity index (χ2v) is 5.92. The van der Waals surface area contributed by atoms with Gasteiger partial charge in [0, 0.05) is 11.6 Å². The second kappa shape index (κ2) is 9.35. The molecule has 23 heavy (non-hydrogen) atoms. The lowest BCUT2D eigenvalue weighted by atomic mass is 9.96. The Bertz CT molecular complexity index is 543. The Labute approximate surface area is 143 Å². The Kier molecular flexibility index (Phi) is 7.13. The van der Waals surface area contributed by atoms with Crippen molar-refractivity contribution in [2.24, 2.45) is 5.10 Å². The van der Waals surface area contributed by atoms with Crippen LogP contribution in [0.1, 0.15) is 44.6 Å². The van der Waals surface area contributed by atoms with E-state index in [2.05, 4.69) is 15.8 Å². The predicted molar refractivity (Wildman–Crippen MR) is 97.5 cm³/mol. The minimum Gasteiger partial charge on any atom is -0.496 e. The van der Waals surface area contributed by atoms with Crippen LogP contribution in [0.15, 0.2) is 23.3 Å². The van der Waals surface area contributed by atoms with Crippen LogP contribution in [0.25, 0.3) is 0 Å². The third-order valence-corrected chi connectivity index (χ3v) is 4.03. The molecule has 2 rings (SSSR count). The molecule has 0 aliphatic heterocycles. The molecule has 5 nitrogen and oxygen atoms in total. The molecule has 1 aliphatic rings. The van der Waals surface area contributed by atoms with Crippen LogP contribution in [0.3, 0.4) is 0 Å². The average Bonchev–Trinajstić information content (AvgIpc) is 2.56. The minimum atomic E-state index is 0.467. The van der Waals surface area contributed by atoms with Crippen LogP contribution in [0.2, 0.25) is 0 Å². The number of benzene rings is 1. The van der Waals surface area contributed by atoms with Crippen LogP contribution < -0.4 is 20.2 Å². The van der Waals surface area contributed by atoms with Gasteiger partial charge in [0.2, 0.25) is 0 Å². The van der Waals surface area contributed by atoms with E-state index >= 15 is 0 Å². The quantitative estimate of drug-likeness (QED) is 0.475. The lowest BCUT2D eigenvalue weighted by molar-refractivity contribution is 0.339. The van der Waals surface area contributed by atoms with E-state index in [9.17, 15) is 0 Å². The fourth-order valence-electron chi connectivity index (χ4n) is 2.69. The van der Waals surface area contributed by atoms with E-state index in [0.717, 1.165) is 17.1 Å². The molecule has 0 radical (unpaired) electrons. The first kappa shape index (κ1) is 17.5. The molecule has 1 aliphatic carbocycles. The van der Waals surface area contributed by atoms with Crippen molar-refractivity contribution in [2.75, 3.05) is 13.7 Å². The highest BCUT2D eigenvalue weighted by molar-refractivity contribution is 7.80. The molecule has 0 spiro atoms. The lowest BCUT2D eigenvalue weighted by Gasteiger charge is -2.23. The summed E-state index contributed by atoms with van der Waals surface area (Å²) in [5.74, 6) is 1.53. The number of methoxy groups -OCH3 is 1. The summed E-state index contributed by atoms with van der Waals surface area (Å²) in [5, 5.41) is 8.08. The first-order valence-corrected chi connectivity index (χ1v) is 8.54. The van der Waals surface area contributed by atoms with Gasteiger partial charge in [-0.05, 0) is 50.2 Å².